The fourth-order valence-electron chi connectivity index (χ4n) is 1.54. The predicted octanol–water partition coefficient (Wildman–Crippen LogP) is 2.49. The number of aromatic nitrogens is 1. The van der Waals surface area contributed by atoms with Crippen molar-refractivity contribution in [2.24, 2.45) is 0 Å². The molecule has 0 aliphatic heterocycles. The minimum Gasteiger partial charge on any atom is -0.495 e. The Balaban J connectivity index is 2.37. The second-order valence-corrected chi connectivity index (χ2v) is 3.88. The summed E-state index contributed by atoms with van der Waals surface area (Å²) < 4.78 is 10.2. The van der Waals surface area contributed by atoms with Gasteiger partial charge in [-0.15, -0.1) is 0 Å². The number of carboxylic acid groups (broad SMARTS) is 1. The van der Waals surface area contributed by atoms with E-state index in [1.54, 1.807) is 6.07 Å². The van der Waals surface area contributed by atoms with Crippen LogP contribution in [0.5, 0.6) is 17.4 Å². The zero-order valence-electron chi connectivity index (χ0n) is 10.8. The number of aromatic carboxylic acids is 1. The highest BCUT2D eigenvalue weighted by atomic mass is 16.6. The van der Waals surface area contributed by atoms with Gasteiger partial charge in [0.15, 0.2) is 0 Å². The first-order chi connectivity index (χ1) is 10.0. The van der Waals surface area contributed by atoms with Gasteiger partial charge >= 0.3 is 11.7 Å². The van der Waals surface area contributed by atoms with Crippen molar-refractivity contribution in [3.05, 3.63) is 52.2 Å². The van der Waals surface area contributed by atoms with Gasteiger partial charge in [0.25, 0.3) is 0 Å². The van der Waals surface area contributed by atoms with Crippen LogP contribution in [-0.2, 0) is 0 Å². The fourth-order valence-corrected chi connectivity index (χ4v) is 1.54. The maximum atomic E-state index is 10.9. The number of rotatable bonds is 5. The standard InChI is InChI=1S/C13H10N2O6/c1-20-9-3-5-12(14-7-9)21-11-6-8(13(16)17)2-4-10(11)15(18)19/h2-7H,1H3,(H,16,17). The normalized spacial score (nSPS) is 9.95. The minimum atomic E-state index is -1.21. The number of nitro groups is 1. The van der Waals surface area contributed by atoms with Gasteiger partial charge in [-0.25, -0.2) is 9.78 Å². The second kappa shape index (κ2) is 5.87. The number of nitrogens with zero attached hydrogens (tertiary/aromatic N) is 2. The Bertz CT molecular complexity index is 684. The second-order valence-electron chi connectivity index (χ2n) is 3.88. The summed E-state index contributed by atoms with van der Waals surface area (Å²) in [6.45, 7) is 0. The maximum absolute atomic E-state index is 10.9. The first kappa shape index (κ1) is 14.3. The molecule has 2 rings (SSSR count). The Kier molecular flexibility index (Phi) is 3.98. The molecule has 21 heavy (non-hydrogen) atoms. The van der Waals surface area contributed by atoms with E-state index in [0.29, 0.717) is 5.75 Å². The lowest BCUT2D eigenvalue weighted by molar-refractivity contribution is -0.385. The van der Waals surface area contributed by atoms with Gasteiger partial charge in [0, 0.05) is 18.2 Å². The lowest BCUT2D eigenvalue weighted by Crippen LogP contribution is -2.00. The summed E-state index contributed by atoms with van der Waals surface area (Å²) in [5.74, 6) is -0.826. The van der Waals surface area contributed by atoms with Crippen molar-refractivity contribution in [3.8, 4) is 17.4 Å². The van der Waals surface area contributed by atoms with Crippen LogP contribution < -0.4 is 9.47 Å². The molecular weight excluding hydrogens is 280 g/mol. The van der Waals surface area contributed by atoms with Crippen LogP contribution in [0.1, 0.15) is 10.4 Å². The van der Waals surface area contributed by atoms with Gasteiger partial charge in [0.05, 0.1) is 23.8 Å². The van der Waals surface area contributed by atoms with E-state index in [0.717, 1.165) is 18.2 Å². The van der Waals surface area contributed by atoms with E-state index in [4.69, 9.17) is 14.6 Å². The van der Waals surface area contributed by atoms with Crippen molar-refractivity contribution in [3.63, 3.8) is 0 Å². The first-order valence-corrected chi connectivity index (χ1v) is 5.71. The highest BCUT2D eigenvalue weighted by Gasteiger charge is 2.19. The Morgan fingerprint density at radius 3 is 2.62 bits per heavy atom. The molecule has 0 saturated heterocycles. The molecule has 0 aliphatic rings. The Hall–Kier alpha value is -3.16. The van der Waals surface area contributed by atoms with E-state index in [2.05, 4.69) is 4.98 Å². The number of hydrogen-bond donors (Lipinski definition) is 1. The molecule has 1 aromatic carbocycles. The lowest BCUT2D eigenvalue weighted by atomic mass is 10.2. The highest BCUT2D eigenvalue weighted by molar-refractivity contribution is 5.88. The van der Waals surface area contributed by atoms with Crippen molar-refractivity contribution in [2.75, 3.05) is 7.11 Å². The zero-order chi connectivity index (χ0) is 15.4. The van der Waals surface area contributed by atoms with Crippen LogP contribution in [0, 0.1) is 10.1 Å². The van der Waals surface area contributed by atoms with Gasteiger partial charge in [-0.3, -0.25) is 10.1 Å². The summed E-state index contributed by atoms with van der Waals surface area (Å²) in [6.07, 6.45) is 1.38. The van der Waals surface area contributed by atoms with Crippen LogP contribution in [0.3, 0.4) is 0 Å². The number of hydrogen-bond acceptors (Lipinski definition) is 6. The Labute approximate surface area is 118 Å². The molecule has 0 amide bonds. The number of carbonyl (C=O) groups is 1. The van der Waals surface area contributed by atoms with Crippen LogP contribution in [0.4, 0.5) is 5.69 Å². The molecule has 0 spiro atoms. The molecule has 1 heterocycles. The van der Waals surface area contributed by atoms with Gasteiger partial charge in [-0.2, -0.15) is 0 Å². The molecule has 2 aromatic rings. The highest BCUT2D eigenvalue weighted by Crippen LogP contribution is 2.31. The number of ether oxygens (including phenoxy) is 2. The van der Waals surface area contributed by atoms with Gasteiger partial charge in [0.1, 0.15) is 5.75 Å². The van der Waals surface area contributed by atoms with Crippen molar-refractivity contribution < 1.29 is 24.3 Å². The summed E-state index contributed by atoms with van der Waals surface area (Å²) in [7, 11) is 1.47. The van der Waals surface area contributed by atoms with E-state index in [1.807, 2.05) is 0 Å². The van der Waals surface area contributed by atoms with Crippen LogP contribution >= 0.6 is 0 Å². The average Bonchev–Trinajstić information content (AvgIpc) is 2.47. The molecule has 0 atom stereocenters. The third-order valence-electron chi connectivity index (χ3n) is 2.56. The molecule has 8 nitrogen and oxygen atoms in total. The minimum absolute atomic E-state index is 0.0847. The summed E-state index contributed by atoms with van der Waals surface area (Å²) in [5.41, 5.74) is -0.471. The van der Waals surface area contributed by atoms with Crippen molar-refractivity contribution in [2.45, 2.75) is 0 Å². The monoisotopic (exact) mass is 290 g/mol. The predicted molar refractivity (Wildman–Crippen MR) is 70.9 cm³/mol. The van der Waals surface area contributed by atoms with Crippen LogP contribution in [-0.4, -0.2) is 28.1 Å². The number of methoxy groups -OCH3 is 1. The van der Waals surface area contributed by atoms with Gasteiger partial charge < -0.3 is 14.6 Å². The fraction of sp³-hybridized carbons (Fsp3) is 0.0769. The van der Waals surface area contributed by atoms with Crippen LogP contribution in [0.15, 0.2) is 36.5 Å². The maximum Gasteiger partial charge on any atom is 0.335 e. The summed E-state index contributed by atoms with van der Waals surface area (Å²) >= 11 is 0. The van der Waals surface area contributed by atoms with Gasteiger partial charge in [-0.05, 0) is 12.1 Å². The molecule has 0 radical (unpaired) electrons. The van der Waals surface area contributed by atoms with E-state index in [9.17, 15) is 14.9 Å². The van der Waals surface area contributed by atoms with E-state index in [1.165, 1.54) is 19.4 Å². The summed E-state index contributed by atoms with van der Waals surface area (Å²) in [6, 6.07) is 6.30. The van der Waals surface area contributed by atoms with E-state index < -0.39 is 10.9 Å². The molecular formula is C13H10N2O6. The molecule has 0 unspecified atom stereocenters. The quantitative estimate of drug-likeness (QED) is 0.664. The summed E-state index contributed by atoms with van der Waals surface area (Å²) in [4.78, 5) is 25.1. The number of benzene rings is 1. The third-order valence-corrected chi connectivity index (χ3v) is 2.56. The smallest absolute Gasteiger partial charge is 0.335 e. The van der Waals surface area contributed by atoms with Crippen molar-refractivity contribution >= 4 is 11.7 Å². The largest absolute Gasteiger partial charge is 0.495 e. The van der Waals surface area contributed by atoms with Gasteiger partial charge in [-0.1, -0.05) is 0 Å². The molecule has 108 valence electrons. The molecule has 1 aromatic heterocycles. The Morgan fingerprint density at radius 2 is 2.10 bits per heavy atom. The van der Waals surface area contributed by atoms with E-state index >= 15 is 0 Å². The summed E-state index contributed by atoms with van der Waals surface area (Å²) in [5, 5.41) is 19.8. The molecule has 8 heteroatoms. The molecule has 0 aliphatic carbocycles. The molecule has 1 N–H and O–H groups in total. The SMILES string of the molecule is COc1ccc(Oc2cc(C(=O)O)ccc2[N+](=O)[O-])nc1. The number of nitro benzene ring substituents is 1. The van der Waals surface area contributed by atoms with E-state index in [-0.39, 0.29) is 22.9 Å². The van der Waals surface area contributed by atoms with Crippen LogP contribution in [0.25, 0.3) is 0 Å². The molecule has 0 bridgehead atoms. The van der Waals surface area contributed by atoms with Crippen molar-refractivity contribution in [1.29, 1.82) is 0 Å². The number of carboxylic acids is 1. The topological polar surface area (TPSA) is 112 Å². The Morgan fingerprint density at radius 1 is 1.33 bits per heavy atom. The van der Waals surface area contributed by atoms with Crippen molar-refractivity contribution in [1.82, 2.24) is 4.98 Å². The average molecular weight is 290 g/mol. The zero-order valence-corrected chi connectivity index (χ0v) is 10.8. The number of pyridine rings is 1. The first-order valence-electron chi connectivity index (χ1n) is 5.71. The third kappa shape index (κ3) is 3.24. The molecule has 0 saturated carbocycles. The van der Waals surface area contributed by atoms with Crippen LogP contribution in [0.2, 0.25) is 0 Å². The molecule has 0 fully saturated rings. The lowest BCUT2D eigenvalue weighted by Gasteiger charge is -2.07. The van der Waals surface area contributed by atoms with Gasteiger partial charge in [0.2, 0.25) is 11.6 Å².